The van der Waals surface area contributed by atoms with Crippen molar-refractivity contribution in [2.45, 2.75) is 58.5 Å². The molecule has 2 nitrogen and oxygen atoms in total. The molecule has 16 heavy (non-hydrogen) atoms. The quantitative estimate of drug-likeness (QED) is 0.789. The molecule has 1 saturated carbocycles. The first-order chi connectivity index (χ1) is 7.65. The molecule has 0 amide bonds. The summed E-state index contributed by atoms with van der Waals surface area (Å²) in [6.07, 6.45) is 5.71. The average Bonchev–Trinajstić information content (AvgIpc) is 2.83. The summed E-state index contributed by atoms with van der Waals surface area (Å²) >= 11 is 0. The average molecular weight is 224 g/mol. The van der Waals surface area contributed by atoms with E-state index in [0.29, 0.717) is 0 Å². The lowest BCUT2D eigenvalue weighted by atomic mass is 10.1. The first-order valence-corrected chi connectivity index (χ1v) is 7.12. The first kappa shape index (κ1) is 12.4. The van der Waals surface area contributed by atoms with E-state index in [2.05, 4.69) is 31.0 Å². The van der Waals surface area contributed by atoms with Gasteiger partial charge in [0.15, 0.2) is 0 Å². The molecule has 2 aliphatic rings. The van der Waals surface area contributed by atoms with Crippen LogP contribution in [-0.2, 0) is 0 Å². The molecule has 1 heterocycles. The Morgan fingerprint density at radius 3 is 2.62 bits per heavy atom. The minimum atomic E-state index is 0.721. The van der Waals surface area contributed by atoms with Gasteiger partial charge >= 0.3 is 0 Å². The summed E-state index contributed by atoms with van der Waals surface area (Å²) in [4.78, 5) is 2.59. The second kappa shape index (κ2) is 5.50. The molecular weight excluding hydrogens is 196 g/mol. The molecule has 1 aliphatic heterocycles. The molecule has 2 heteroatoms. The Morgan fingerprint density at radius 2 is 2.06 bits per heavy atom. The van der Waals surface area contributed by atoms with E-state index in [1.54, 1.807) is 0 Å². The molecule has 0 bridgehead atoms. The minimum Gasteiger partial charge on any atom is -0.312 e. The van der Waals surface area contributed by atoms with Gasteiger partial charge in [-0.3, -0.25) is 4.90 Å². The largest absolute Gasteiger partial charge is 0.312 e. The second-order valence-electron chi connectivity index (χ2n) is 6.27. The first-order valence-electron chi connectivity index (χ1n) is 7.12. The van der Waals surface area contributed by atoms with E-state index < -0.39 is 0 Å². The van der Waals surface area contributed by atoms with E-state index in [-0.39, 0.29) is 0 Å². The SMILES string of the molecule is CC1CCC(CNC2CCN(C(C)C)C2)C1. The van der Waals surface area contributed by atoms with Crippen molar-refractivity contribution in [3.8, 4) is 0 Å². The van der Waals surface area contributed by atoms with Crippen LogP contribution in [0.1, 0.15) is 46.5 Å². The third-order valence-corrected chi connectivity index (χ3v) is 4.45. The molecule has 2 fully saturated rings. The zero-order valence-electron chi connectivity index (χ0n) is 11.2. The van der Waals surface area contributed by atoms with Gasteiger partial charge in [-0.05, 0) is 58.0 Å². The molecule has 2 rings (SSSR count). The van der Waals surface area contributed by atoms with Crippen LogP contribution in [-0.4, -0.2) is 36.6 Å². The van der Waals surface area contributed by atoms with Crippen LogP contribution < -0.4 is 5.32 Å². The van der Waals surface area contributed by atoms with Crippen LogP contribution in [0.25, 0.3) is 0 Å². The van der Waals surface area contributed by atoms with E-state index in [0.717, 1.165) is 23.9 Å². The highest BCUT2D eigenvalue weighted by molar-refractivity contribution is 4.84. The van der Waals surface area contributed by atoms with Gasteiger partial charge in [0.25, 0.3) is 0 Å². The Morgan fingerprint density at radius 1 is 1.25 bits per heavy atom. The summed E-state index contributed by atoms with van der Waals surface area (Å²) in [7, 11) is 0. The number of hydrogen-bond donors (Lipinski definition) is 1. The Kier molecular flexibility index (Phi) is 4.26. The zero-order chi connectivity index (χ0) is 11.5. The highest BCUT2D eigenvalue weighted by Gasteiger charge is 2.26. The Labute approximate surface area is 101 Å². The molecule has 3 unspecified atom stereocenters. The van der Waals surface area contributed by atoms with Crippen LogP contribution in [0.3, 0.4) is 0 Å². The molecule has 1 N–H and O–H groups in total. The van der Waals surface area contributed by atoms with E-state index in [1.165, 1.54) is 45.3 Å². The van der Waals surface area contributed by atoms with Crippen LogP contribution >= 0.6 is 0 Å². The Hall–Kier alpha value is -0.0800. The van der Waals surface area contributed by atoms with Crippen molar-refractivity contribution >= 4 is 0 Å². The van der Waals surface area contributed by atoms with Gasteiger partial charge in [-0.2, -0.15) is 0 Å². The van der Waals surface area contributed by atoms with Gasteiger partial charge < -0.3 is 5.32 Å². The van der Waals surface area contributed by atoms with E-state index in [1.807, 2.05) is 0 Å². The van der Waals surface area contributed by atoms with Gasteiger partial charge in [0.2, 0.25) is 0 Å². The van der Waals surface area contributed by atoms with Gasteiger partial charge in [-0.15, -0.1) is 0 Å². The minimum absolute atomic E-state index is 0.721. The molecular formula is C14H28N2. The standard InChI is InChI=1S/C14H28N2/c1-11(2)16-7-6-14(10-16)15-9-13-5-4-12(3)8-13/h11-15H,4-10H2,1-3H3. The molecule has 94 valence electrons. The molecule has 1 saturated heterocycles. The monoisotopic (exact) mass is 224 g/mol. The molecule has 1 aliphatic carbocycles. The maximum Gasteiger partial charge on any atom is 0.0207 e. The number of rotatable bonds is 4. The van der Waals surface area contributed by atoms with Gasteiger partial charge in [0.1, 0.15) is 0 Å². The van der Waals surface area contributed by atoms with Crippen molar-refractivity contribution in [2.24, 2.45) is 11.8 Å². The summed E-state index contributed by atoms with van der Waals surface area (Å²) in [6, 6.07) is 1.48. The van der Waals surface area contributed by atoms with Crippen LogP contribution in [0.15, 0.2) is 0 Å². The molecule has 0 radical (unpaired) electrons. The second-order valence-corrected chi connectivity index (χ2v) is 6.27. The van der Waals surface area contributed by atoms with E-state index in [9.17, 15) is 0 Å². The number of nitrogens with one attached hydrogen (secondary N) is 1. The maximum absolute atomic E-state index is 3.79. The van der Waals surface area contributed by atoms with Crippen LogP contribution in [0.4, 0.5) is 0 Å². The summed E-state index contributed by atoms with van der Waals surface area (Å²) in [5, 5.41) is 3.79. The van der Waals surface area contributed by atoms with Crippen molar-refractivity contribution < 1.29 is 0 Å². The van der Waals surface area contributed by atoms with Gasteiger partial charge in [-0.25, -0.2) is 0 Å². The Balaban J connectivity index is 1.64. The highest BCUT2D eigenvalue weighted by atomic mass is 15.2. The topological polar surface area (TPSA) is 15.3 Å². The lowest BCUT2D eigenvalue weighted by Crippen LogP contribution is -2.37. The molecule has 0 spiro atoms. The third kappa shape index (κ3) is 3.21. The summed E-state index contributed by atoms with van der Waals surface area (Å²) in [5.41, 5.74) is 0. The summed E-state index contributed by atoms with van der Waals surface area (Å²) in [6.45, 7) is 10.8. The van der Waals surface area contributed by atoms with Crippen molar-refractivity contribution in [1.29, 1.82) is 0 Å². The maximum atomic E-state index is 3.79. The molecule has 0 aromatic heterocycles. The normalized spacial score (nSPS) is 36.4. The smallest absolute Gasteiger partial charge is 0.0207 e. The predicted molar refractivity (Wildman–Crippen MR) is 69.6 cm³/mol. The summed E-state index contributed by atoms with van der Waals surface area (Å²) < 4.78 is 0. The third-order valence-electron chi connectivity index (χ3n) is 4.45. The fraction of sp³-hybridized carbons (Fsp3) is 1.00. The number of hydrogen-bond acceptors (Lipinski definition) is 2. The fourth-order valence-electron chi connectivity index (χ4n) is 3.27. The van der Waals surface area contributed by atoms with Crippen LogP contribution in [0.5, 0.6) is 0 Å². The van der Waals surface area contributed by atoms with Crippen molar-refractivity contribution in [3.05, 3.63) is 0 Å². The zero-order valence-corrected chi connectivity index (χ0v) is 11.2. The van der Waals surface area contributed by atoms with Crippen LogP contribution in [0.2, 0.25) is 0 Å². The lowest BCUT2D eigenvalue weighted by molar-refractivity contribution is 0.266. The number of likely N-dealkylation sites (tertiary alicyclic amines) is 1. The highest BCUT2D eigenvalue weighted by Crippen LogP contribution is 2.29. The van der Waals surface area contributed by atoms with Crippen molar-refractivity contribution in [3.63, 3.8) is 0 Å². The van der Waals surface area contributed by atoms with E-state index in [4.69, 9.17) is 0 Å². The van der Waals surface area contributed by atoms with Crippen LogP contribution in [0, 0.1) is 11.8 Å². The van der Waals surface area contributed by atoms with Gasteiger partial charge in [-0.1, -0.05) is 13.3 Å². The molecule has 3 atom stereocenters. The van der Waals surface area contributed by atoms with Crippen molar-refractivity contribution in [1.82, 2.24) is 10.2 Å². The lowest BCUT2D eigenvalue weighted by Gasteiger charge is -2.21. The molecule has 0 aromatic carbocycles. The van der Waals surface area contributed by atoms with Gasteiger partial charge in [0.05, 0.1) is 0 Å². The van der Waals surface area contributed by atoms with Gasteiger partial charge in [0, 0.05) is 18.6 Å². The fourth-order valence-corrected chi connectivity index (χ4v) is 3.27. The molecule has 0 aromatic rings. The van der Waals surface area contributed by atoms with Crippen molar-refractivity contribution in [2.75, 3.05) is 19.6 Å². The summed E-state index contributed by atoms with van der Waals surface area (Å²) in [5.74, 6) is 1.94. The Bertz CT molecular complexity index is 215. The predicted octanol–water partition coefficient (Wildman–Crippen LogP) is 2.49. The van der Waals surface area contributed by atoms with E-state index >= 15 is 0 Å². The number of nitrogens with zero attached hydrogens (tertiary/aromatic N) is 1.